The van der Waals surface area contributed by atoms with Crippen molar-refractivity contribution in [2.24, 2.45) is 5.73 Å². The fourth-order valence-corrected chi connectivity index (χ4v) is 2.70. The van der Waals surface area contributed by atoms with E-state index in [1.165, 1.54) is 12.1 Å². The molecule has 0 saturated heterocycles. The molecule has 2 rings (SSSR count). The summed E-state index contributed by atoms with van der Waals surface area (Å²) < 4.78 is 36.6. The minimum absolute atomic E-state index is 0.117. The van der Waals surface area contributed by atoms with Gasteiger partial charge in [-0.3, -0.25) is 0 Å². The van der Waals surface area contributed by atoms with Gasteiger partial charge in [0.15, 0.2) is 11.5 Å². The summed E-state index contributed by atoms with van der Waals surface area (Å²) in [6, 6.07) is 4.17. The van der Waals surface area contributed by atoms with Gasteiger partial charge in [0.1, 0.15) is 0 Å². The van der Waals surface area contributed by atoms with Gasteiger partial charge in [-0.15, -0.1) is 0 Å². The second-order valence-corrected chi connectivity index (χ2v) is 5.49. The van der Waals surface area contributed by atoms with E-state index in [1.54, 1.807) is 13.0 Å². The molecule has 0 fully saturated rings. The second-order valence-electron chi connectivity index (χ2n) is 3.77. The van der Waals surface area contributed by atoms with Crippen LogP contribution in [-0.2, 0) is 10.0 Å². The van der Waals surface area contributed by atoms with E-state index in [2.05, 4.69) is 4.72 Å². The van der Waals surface area contributed by atoms with E-state index < -0.39 is 10.0 Å². The van der Waals surface area contributed by atoms with Crippen LogP contribution in [0, 0.1) is 0 Å². The maximum atomic E-state index is 11.9. The Morgan fingerprint density at radius 1 is 1.41 bits per heavy atom. The van der Waals surface area contributed by atoms with E-state index in [9.17, 15) is 8.42 Å². The van der Waals surface area contributed by atoms with Gasteiger partial charge in [-0.05, 0) is 19.1 Å². The molecule has 1 aromatic rings. The van der Waals surface area contributed by atoms with Crippen molar-refractivity contribution in [3.05, 3.63) is 18.2 Å². The molecule has 1 aliphatic rings. The molecule has 0 spiro atoms. The van der Waals surface area contributed by atoms with Gasteiger partial charge in [-0.25, -0.2) is 13.1 Å². The highest BCUT2D eigenvalue weighted by atomic mass is 32.2. The predicted octanol–water partition coefficient (Wildman–Crippen LogP) is 0.0408. The van der Waals surface area contributed by atoms with Gasteiger partial charge in [-0.1, -0.05) is 0 Å². The van der Waals surface area contributed by atoms with Crippen LogP contribution in [0.5, 0.6) is 11.5 Å². The Labute approximate surface area is 99.8 Å². The summed E-state index contributed by atoms with van der Waals surface area (Å²) in [6.45, 7) is 2.06. The van der Waals surface area contributed by atoms with Crippen LogP contribution in [0.1, 0.15) is 6.92 Å². The standard InChI is InChI=1S/C10H14N2O4S/c1-7(5-11)12-17(13,14)8-2-3-9-10(4-8)16-6-15-9/h2-4,7,12H,5-6,11H2,1H3/t7-/m0/s1. The molecule has 1 aromatic carbocycles. The second kappa shape index (κ2) is 4.52. The lowest BCUT2D eigenvalue weighted by Crippen LogP contribution is -2.37. The molecule has 7 heteroatoms. The number of hydrogen-bond donors (Lipinski definition) is 2. The summed E-state index contributed by atoms with van der Waals surface area (Å²) in [7, 11) is -3.56. The minimum atomic E-state index is -3.56. The van der Waals surface area contributed by atoms with Crippen LogP contribution in [0.2, 0.25) is 0 Å². The summed E-state index contributed by atoms with van der Waals surface area (Å²) in [4.78, 5) is 0.141. The molecule has 0 radical (unpaired) electrons. The van der Waals surface area contributed by atoms with E-state index in [1.807, 2.05) is 0 Å². The Bertz CT molecular complexity index is 515. The molecule has 94 valence electrons. The number of ether oxygens (including phenoxy) is 2. The lowest BCUT2D eigenvalue weighted by Gasteiger charge is -2.12. The third kappa shape index (κ3) is 2.51. The van der Waals surface area contributed by atoms with Crippen molar-refractivity contribution in [3.63, 3.8) is 0 Å². The first-order chi connectivity index (χ1) is 8.03. The van der Waals surface area contributed by atoms with Gasteiger partial charge >= 0.3 is 0 Å². The molecular weight excluding hydrogens is 244 g/mol. The first-order valence-corrected chi connectivity index (χ1v) is 6.63. The van der Waals surface area contributed by atoms with Crippen LogP contribution in [-0.4, -0.2) is 27.8 Å². The Hall–Kier alpha value is -1.31. The average molecular weight is 258 g/mol. The van der Waals surface area contributed by atoms with Crippen molar-refractivity contribution < 1.29 is 17.9 Å². The lowest BCUT2D eigenvalue weighted by molar-refractivity contribution is 0.174. The van der Waals surface area contributed by atoms with Gasteiger partial charge in [0.2, 0.25) is 16.8 Å². The van der Waals surface area contributed by atoms with Crippen LogP contribution in [0.3, 0.4) is 0 Å². The van der Waals surface area contributed by atoms with Crippen molar-refractivity contribution in [3.8, 4) is 11.5 Å². The van der Waals surface area contributed by atoms with Gasteiger partial charge in [-0.2, -0.15) is 0 Å². The Morgan fingerprint density at radius 3 is 2.82 bits per heavy atom. The largest absolute Gasteiger partial charge is 0.454 e. The van der Waals surface area contributed by atoms with E-state index in [-0.39, 0.29) is 24.3 Å². The topological polar surface area (TPSA) is 90.7 Å². The molecule has 0 unspecified atom stereocenters. The number of benzene rings is 1. The summed E-state index contributed by atoms with van der Waals surface area (Å²) in [6.07, 6.45) is 0. The van der Waals surface area contributed by atoms with Crippen LogP contribution in [0.4, 0.5) is 0 Å². The van der Waals surface area contributed by atoms with Crippen molar-refractivity contribution in [2.75, 3.05) is 13.3 Å². The summed E-state index contributed by atoms with van der Waals surface area (Å²) in [5.74, 6) is 0.990. The average Bonchev–Trinajstić information content (AvgIpc) is 2.75. The predicted molar refractivity (Wildman–Crippen MR) is 61.4 cm³/mol. The Balaban J connectivity index is 2.28. The number of fused-ring (bicyclic) bond motifs is 1. The number of sulfonamides is 1. The highest BCUT2D eigenvalue weighted by molar-refractivity contribution is 7.89. The van der Waals surface area contributed by atoms with Crippen molar-refractivity contribution in [1.82, 2.24) is 4.72 Å². The van der Waals surface area contributed by atoms with Gasteiger partial charge in [0, 0.05) is 18.7 Å². The molecule has 0 aromatic heterocycles. The first-order valence-electron chi connectivity index (χ1n) is 5.15. The molecule has 1 atom stereocenters. The zero-order valence-electron chi connectivity index (χ0n) is 9.34. The Morgan fingerprint density at radius 2 is 2.12 bits per heavy atom. The minimum Gasteiger partial charge on any atom is -0.454 e. The first kappa shape index (κ1) is 12.2. The zero-order valence-corrected chi connectivity index (χ0v) is 10.2. The van der Waals surface area contributed by atoms with E-state index >= 15 is 0 Å². The van der Waals surface area contributed by atoms with Crippen LogP contribution < -0.4 is 19.9 Å². The fraction of sp³-hybridized carbons (Fsp3) is 0.400. The van der Waals surface area contributed by atoms with Crippen LogP contribution in [0.25, 0.3) is 0 Å². The van der Waals surface area contributed by atoms with Gasteiger partial charge in [0.05, 0.1) is 4.90 Å². The molecule has 1 aliphatic heterocycles. The fourth-order valence-electron chi connectivity index (χ4n) is 1.43. The normalized spacial score (nSPS) is 15.9. The molecule has 1 heterocycles. The highest BCUT2D eigenvalue weighted by Gasteiger charge is 2.21. The smallest absolute Gasteiger partial charge is 0.240 e. The molecule has 6 nitrogen and oxygen atoms in total. The molecular formula is C10H14N2O4S. The summed E-state index contributed by atoms with van der Waals surface area (Å²) in [5, 5.41) is 0. The molecule has 0 saturated carbocycles. The third-order valence-electron chi connectivity index (χ3n) is 2.36. The van der Waals surface area contributed by atoms with E-state index in [0.717, 1.165) is 0 Å². The van der Waals surface area contributed by atoms with Crippen molar-refractivity contribution >= 4 is 10.0 Å². The number of nitrogens with one attached hydrogen (secondary N) is 1. The van der Waals surface area contributed by atoms with Crippen molar-refractivity contribution in [2.45, 2.75) is 17.9 Å². The van der Waals surface area contributed by atoms with E-state index in [4.69, 9.17) is 15.2 Å². The van der Waals surface area contributed by atoms with Gasteiger partial charge in [0.25, 0.3) is 0 Å². The lowest BCUT2D eigenvalue weighted by atomic mass is 10.3. The molecule has 0 aliphatic carbocycles. The van der Waals surface area contributed by atoms with Crippen LogP contribution in [0.15, 0.2) is 23.1 Å². The number of hydrogen-bond acceptors (Lipinski definition) is 5. The summed E-state index contributed by atoms with van der Waals surface area (Å²) in [5.41, 5.74) is 5.38. The monoisotopic (exact) mass is 258 g/mol. The summed E-state index contributed by atoms with van der Waals surface area (Å²) >= 11 is 0. The Kier molecular flexibility index (Phi) is 3.23. The quantitative estimate of drug-likeness (QED) is 0.795. The number of nitrogens with two attached hydrogens (primary N) is 1. The maximum absolute atomic E-state index is 11.9. The zero-order chi connectivity index (χ0) is 12.5. The van der Waals surface area contributed by atoms with Crippen molar-refractivity contribution in [1.29, 1.82) is 0 Å². The molecule has 3 N–H and O–H groups in total. The highest BCUT2D eigenvalue weighted by Crippen LogP contribution is 2.33. The maximum Gasteiger partial charge on any atom is 0.240 e. The van der Waals surface area contributed by atoms with E-state index in [0.29, 0.717) is 11.5 Å². The third-order valence-corrected chi connectivity index (χ3v) is 3.95. The number of rotatable bonds is 4. The molecule has 0 amide bonds. The molecule has 17 heavy (non-hydrogen) atoms. The SMILES string of the molecule is C[C@@H](CN)NS(=O)(=O)c1ccc2c(c1)OCO2. The van der Waals surface area contributed by atoms with Gasteiger partial charge < -0.3 is 15.2 Å². The van der Waals surface area contributed by atoms with Crippen LogP contribution >= 0.6 is 0 Å². The molecule has 0 bridgehead atoms.